The molecule has 0 spiro atoms. The Hall–Kier alpha value is -1.60. The van der Waals surface area contributed by atoms with Crippen LogP contribution in [-0.4, -0.2) is 12.2 Å². The standard InChI is InChI=1S/C10H11N3S/c1-12-10(14)13-9-4-2-8(3-5-9)6-7-11/h2-5H,6H2,1H3,(H2,12,13,14). The first-order valence-corrected chi connectivity index (χ1v) is 4.61. The molecular weight excluding hydrogens is 194 g/mol. The zero-order valence-electron chi connectivity index (χ0n) is 7.87. The van der Waals surface area contributed by atoms with Crippen LogP contribution in [0.1, 0.15) is 5.56 Å². The van der Waals surface area contributed by atoms with Crippen molar-refractivity contribution in [1.29, 1.82) is 5.26 Å². The van der Waals surface area contributed by atoms with Crippen molar-refractivity contribution < 1.29 is 0 Å². The van der Waals surface area contributed by atoms with Crippen LogP contribution < -0.4 is 10.6 Å². The highest BCUT2D eigenvalue weighted by Gasteiger charge is 1.95. The van der Waals surface area contributed by atoms with Gasteiger partial charge in [0.05, 0.1) is 12.5 Å². The molecule has 0 radical (unpaired) electrons. The van der Waals surface area contributed by atoms with Gasteiger partial charge in [-0.3, -0.25) is 0 Å². The summed E-state index contributed by atoms with van der Waals surface area (Å²) in [5.41, 5.74) is 1.93. The number of thiocarbonyl (C=S) groups is 1. The van der Waals surface area contributed by atoms with Crippen molar-refractivity contribution in [3.8, 4) is 6.07 Å². The van der Waals surface area contributed by atoms with E-state index in [1.807, 2.05) is 24.3 Å². The number of nitrogens with zero attached hydrogens (tertiary/aromatic N) is 1. The fourth-order valence-electron chi connectivity index (χ4n) is 0.991. The minimum absolute atomic E-state index is 0.441. The van der Waals surface area contributed by atoms with Gasteiger partial charge in [0.2, 0.25) is 0 Å². The molecule has 0 aliphatic rings. The molecule has 0 heterocycles. The second-order valence-corrected chi connectivity index (χ2v) is 3.14. The number of hydrogen-bond donors (Lipinski definition) is 2. The average molecular weight is 205 g/mol. The first-order valence-electron chi connectivity index (χ1n) is 4.21. The summed E-state index contributed by atoms with van der Waals surface area (Å²) in [7, 11) is 1.76. The van der Waals surface area contributed by atoms with Gasteiger partial charge in [-0.05, 0) is 29.9 Å². The molecule has 0 fully saturated rings. The van der Waals surface area contributed by atoms with Crippen molar-refractivity contribution in [2.45, 2.75) is 6.42 Å². The molecule has 72 valence electrons. The van der Waals surface area contributed by atoms with E-state index in [1.165, 1.54) is 0 Å². The van der Waals surface area contributed by atoms with Crippen LogP contribution in [0.4, 0.5) is 5.69 Å². The zero-order chi connectivity index (χ0) is 10.4. The van der Waals surface area contributed by atoms with Crippen LogP contribution in [-0.2, 0) is 6.42 Å². The lowest BCUT2D eigenvalue weighted by Crippen LogP contribution is -2.23. The van der Waals surface area contributed by atoms with E-state index in [2.05, 4.69) is 16.7 Å². The summed E-state index contributed by atoms with van der Waals surface area (Å²) >= 11 is 4.95. The fourth-order valence-corrected chi connectivity index (χ4v) is 1.11. The van der Waals surface area contributed by atoms with Crippen LogP contribution in [0.2, 0.25) is 0 Å². The molecule has 0 aromatic heterocycles. The molecule has 0 aliphatic carbocycles. The third-order valence-electron chi connectivity index (χ3n) is 1.72. The molecule has 14 heavy (non-hydrogen) atoms. The lowest BCUT2D eigenvalue weighted by Gasteiger charge is -2.06. The predicted octanol–water partition coefficient (Wildman–Crippen LogP) is 1.67. The number of nitrogens with one attached hydrogen (secondary N) is 2. The van der Waals surface area contributed by atoms with Gasteiger partial charge in [0.25, 0.3) is 0 Å². The molecular formula is C10H11N3S. The van der Waals surface area contributed by atoms with Gasteiger partial charge < -0.3 is 10.6 Å². The Morgan fingerprint density at radius 2 is 2.07 bits per heavy atom. The van der Waals surface area contributed by atoms with Crippen molar-refractivity contribution in [2.75, 3.05) is 12.4 Å². The van der Waals surface area contributed by atoms with Gasteiger partial charge in [0, 0.05) is 12.7 Å². The molecule has 0 aliphatic heterocycles. The van der Waals surface area contributed by atoms with Crippen molar-refractivity contribution >= 4 is 23.0 Å². The highest BCUT2D eigenvalue weighted by molar-refractivity contribution is 7.80. The van der Waals surface area contributed by atoms with Crippen LogP contribution in [0.3, 0.4) is 0 Å². The molecule has 1 rings (SSSR count). The van der Waals surface area contributed by atoms with Crippen LogP contribution >= 0.6 is 12.2 Å². The van der Waals surface area contributed by atoms with E-state index >= 15 is 0 Å². The van der Waals surface area contributed by atoms with Gasteiger partial charge in [-0.2, -0.15) is 5.26 Å². The summed E-state index contributed by atoms with van der Waals surface area (Å²) in [6.45, 7) is 0. The summed E-state index contributed by atoms with van der Waals surface area (Å²) in [5.74, 6) is 0. The predicted molar refractivity (Wildman–Crippen MR) is 61.0 cm³/mol. The second-order valence-electron chi connectivity index (χ2n) is 2.74. The van der Waals surface area contributed by atoms with Gasteiger partial charge in [-0.1, -0.05) is 12.1 Å². The molecule has 0 amide bonds. The van der Waals surface area contributed by atoms with Crippen molar-refractivity contribution in [2.24, 2.45) is 0 Å². The first-order chi connectivity index (χ1) is 6.76. The monoisotopic (exact) mass is 205 g/mol. The summed E-state index contributed by atoms with van der Waals surface area (Å²) < 4.78 is 0. The van der Waals surface area contributed by atoms with Gasteiger partial charge in [0.1, 0.15) is 0 Å². The minimum Gasteiger partial charge on any atom is -0.366 e. The smallest absolute Gasteiger partial charge is 0.170 e. The Kier molecular flexibility index (Phi) is 3.89. The Bertz CT molecular complexity index is 351. The van der Waals surface area contributed by atoms with E-state index in [-0.39, 0.29) is 0 Å². The molecule has 1 aromatic rings. The maximum atomic E-state index is 8.48. The lowest BCUT2D eigenvalue weighted by molar-refractivity contribution is 1.19. The maximum Gasteiger partial charge on any atom is 0.170 e. The third kappa shape index (κ3) is 3.04. The maximum absolute atomic E-state index is 8.48. The van der Waals surface area contributed by atoms with Crippen LogP contribution in [0, 0.1) is 11.3 Å². The molecule has 0 atom stereocenters. The fraction of sp³-hybridized carbons (Fsp3) is 0.200. The molecule has 1 aromatic carbocycles. The highest BCUT2D eigenvalue weighted by atomic mass is 32.1. The van der Waals surface area contributed by atoms with Crippen LogP contribution in [0.25, 0.3) is 0 Å². The number of anilines is 1. The van der Waals surface area contributed by atoms with Crippen molar-refractivity contribution in [3.63, 3.8) is 0 Å². The van der Waals surface area contributed by atoms with E-state index in [1.54, 1.807) is 7.05 Å². The number of rotatable bonds is 2. The summed E-state index contributed by atoms with van der Waals surface area (Å²) in [6.07, 6.45) is 0.441. The van der Waals surface area contributed by atoms with E-state index in [4.69, 9.17) is 17.5 Å². The Morgan fingerprint density at radius 3 is 2.57 bits per heavy atom. The molecule has 0 saturated heterocycles. The van der Waals surface area contributed by atoms with Crippen LogP contribution in [0.5, 0.6) is 0 Å². The Morgan fingerprint density at radius 1 is 1.43 bits per heavy atom. The summed E-state index contributed by atoms with van der Waals surface area (Å²) in [5, 5.41) is 14.9. The normalized spacial score (nSPS) is 8.86. The Balaban J connectivity index is 2.65. The molecule has 0 unspecified atom stereocenters. The number of hydrogen-bond acceptors (Lipinski definition) is 2. The lowest BCUT2D eigenvalue weighted by atomic mass is 10.1. The minimum atomic E-state index is 0.441. The average Bonchev–Trinajstić information content (AvgIpc) is 2.21. The quantitative estimate of drug-likeness (QED) is 0.721. The Labute approximate surface area is 88.7 Å². The largest absolute Gasteiger partial charge is 0.366 e. The summed E-state index contributed by atoms with van der Waals surface area (Å²) in [6, 6.07) is 9.71. The van der Waals surface area contributed by atoms with Gasteiger partial charge in [-0.15, -0.1) is 0 Å². The van der Waals surface area contributed by atoms with Crippen LogP contribution in [0.15, 0.2) is 24.3 Å². The third-order valence-corrected chi connectivity index (χ3v) is 2.03. The molecule has 3 nitrogen and oxygen atoms in total. The van der Waals surface area contributed by atoms with E-state index in [0.29, 0.717) is 11.5 Å². The second kappa shape index (κ2) is 5.20. The van der Waals surface area contributed by atoms with E-state index in [9.17, 15) is 0 Å². The zero-order valence-corrected chi connectivity index (χ0v) is 8.69. The van der Waals surface area contributed by atoms with Crippen molar-refractivity contribution in [1.82, 2.24) is 5.32 Å². The topological polar surface area (TPSA) is 47.8 Å². The SMILES string of the molecule is CNC(=S)Nc1ccc(CC#N)cc1. The summed E-state index contributed by atoms with van der Waals surface area (Å²) in [4.78, 5) is 0. The van der Waals surface area contributed by atoms with E-state index < -0.39 is 0 Å². The highest BCUT2D eigenvalue weighted by Crippen LogP contribution is 2.09. The van der Waals surface area contributed by atoms with Crippen molar-refractivity contribution in [3.05, 3.63) is 29.8 Å². The van der Waals surface area contributed by atoms with E-state index in [0.717, 1.165) is 11.3 Å². The molecule has 2 N–H and O–H groups in total. The number of nitriles is 1. The van der Waals surface area contributed by atoms with Gasteiger partial charge in [-0.25, -0.2) is 0 Å². The van der Waals surface area contributed by atoms with Gasteiger partial charge >= 0.3 is 0 Å². The van der Waals surface area contributed by atoms with Gasteiger partial charge in [0.15, 0.2) is 5.11 Å². The molecule has 0 saturated carbocycles. The molecule has 0 bridgehead atoms. The first kappa shape index (κ1) is 10.5. The molecule has 4 heteroatoms. The number of benzene rings is 1.